The third-order valence-corrected chi connectivity index (χ3v) is 4.54. The second-order valence-corrected chi connectivity index (χ2v) is 6.35. The van der Waals surface area contributed by atoms with Crippen LogP contribution in [0.4, 0.5) is 10.1 Å². The number of aromatic nitrogens is 3. The molecule has 0 fully saturated rings. The molecule has 0 atom stereocenters. The number of aromatic amines is 1. The lowest BCUT2D eigenvalue weighted by molar-refractivity contribution is 0.235. The molecule has 132 valence electrons. The zero-order chi connectivity index (χ0) is 18.1. The van der Waals surface area contributed by atoms with Crippen LogP contribution in [0.3, 0.4) is 0 Å². The molecular weight excluding hydrogens is 333 g/mol. The fraction of sp³-hybridized carbons (Fsp3) is 0.211. The van der Waals surface area contributed by atoms with E-state index in [4.69, 9.17) is 5.73 Å². The number of hydrogen-bond acceptors (Lipinski definition) is 5. The number of fused-ring (bicyclic) bond motifs is 1. The molecule has 0 saturated carbocycles. The highest BCUT2D eigenvalue weighted by atomic mass is 19.1. The lowest BCUT2D eigenvalue weighted by Crippen LogP contribution is -2.35. The van der Waals surface area contributed by atoms with Gasteiger partial charge in [-0.1, -0.05) is 0 Å². The van der Waals surface area contributed by atoms with Crippen LogP contribution in [0.25, 0.3) is 11.4 Å². The Kier molecular flexibility index (Phi) is 4.22. The Hall–Kier alpha value is -3.06. The predicted molar refractivity (Wildman–Crippen MR) is 96.7 cm³/mol. The first-order chi connectivity index (χ1) is 12.6. The Bertz CT molecular complexity index is 1000. The number of nitrogens with two attached hydrogens (primary N) is 1. The average Bonchev–Trinajstić information content (AvgIpc) is 2.64. The maximum Gasteiger partial charge on any atom is 0.255 e. The van der Waals surface area contributed by atoms with Gasteiger partial charge in [-0.25, -0.2) is 9.37 Å². The van der Waals surface area contributed by atoms with Crippen LogP contribution in [0, 0.1) is 5.82 Å². The lowest BCUT2D eigenvalue weighted by atomic mass is 10.1. The smallest absolute Gasteiger partial charge is 0.255 e. The number of nitrogens with one attached hydrogen (secondary N) is 1. The van der Waals surface area contributed by atoms with Crippen LogP contribution >= 0.6 is 0 Å². The monoisotopic (exact) mass is 351 g/mol. The minimum atomic E-state index is -0.330. The van der Waals surface area contributed by atoms with E-state index in [1.54, 1.807) is 24.4 Å². The summed E-state index contributed by atoms with van der Waals surface area (Å²) in [6.07, 6.45) is 2.21. The second-order valence-electron chi connectivity index (χ2n) is 6.35. The largest absolute Gasteiger partial charge is 0.399 e. The summed E-state index contributed by atoms with van der Waals surface area (Å²) in [5.41, 5.74) is 8.83. The van der Waals surface area contributed by atoms with E-state index < -0.39 is 0 Å². The molecule has 0 spiro atoms. The molecule has 0 unspecified atom stereocenters. The molecule has 0 bridgehead atoms. The Balaban J connectivity index is 1.59. The molecule has 1 aliphatic rings. The first-order valence-electron chi connectivity index (χ1n) is 8.40. The van der Waals surface area contributed by atoms with Crippen LogP contribution in [0.5, 0.6) is 0 Å². The number of benzene rings is 1. The first-order valence-corrected chi connectivity index (χ1v) is 8.40. The number of H-pyrrole nitrogens is 1. The highest BCUT2D eigenvalue weighted by Gasteiger charge is 2.22. The Morgan fingerprint density at radius 1 is 1.23 bits per heavy atom. The molecule has 0 amide bonds. The number of halogens is 1. The van der Waals surface area contributed by atoms with Crippen molar-refractivity contribution in [1.29, 1.82) is 0 Å². The first kappa shape index (κ1) is 16.4. The molecule has 7 heteroatoms. The number of pyridine rings is 1. The van der Waals surface area contributed by atoms with Gasteiger partial charge in [0.1, 0.15) is 11.6 Å². The predicted octanol–water partition coefficient (Wildman–Crippen LogP) is 2.11. The fourth-order valence-corrected chi connectivity index (χ4v) is 3.14. The van der Waals surface area contributed by atoms with Crippen LogP contribution in [0.1, 0.15) is 17.0 Å². The van der Waals surface area contributed by atoms with E-state index in [9.17, 15) is 9.18 Å². The van der Waals surface area contributed by atoms with Crippen LogP contribution in [-0.2, 0) is 19.5 Å². The van der Waals surface area contributed by atoms with Gasteiger partial charge in [0, 0.05) is 43.5 Å². The summed E-state index contributed by atoms with van der Waals surface area (Å²) in [5, 5.41) is 0. The van der Waals surface area contributed by atoms with Gasteiger partial charge in [0.15, 0.2) is 0 Å². The average molecular weight is 351 g/mol. The summed E-state index contributed by atoms with van der Waals surface area (Å²) in [6, 6.07) is 10.2. The van der Waals surface area contributed by atoms with Gasteiger partial charge in [-0.05, 0) is 36.4 Å². The van der Waals surface area contributed by atoms with Gasteiger partial charge in [-0.2, -0.15) is 0 Å². The van der Waals surface area contributed by atoms with Crippen LogP contribution < -0.4 is 11.3 Å². The number of rotatable bonds is 3. The normalized spacial score (nSPS) is 14.2. The van der Waals surface area contributed by atoms with Crippen molar-refractivity contribution in [3.05, 3.63) is 75.7 Å². The maximum absolute atomic E-state index is 13.8. The SMILES string of the molecule is Nc1ccc(-c2nc3c(c(=O)[nH]2)CN(Cc2ncccc2F)CC3)cc1. The van der Waals surface area contributed by atoms with Crippen molar-refractivity contribution < 1.29 is 4.39 Å². The summed E-state index contributed by atoms with van der Waals surface area (Å²) < 4.78 is 13.8. The molecule has 6 nitrogen and oxygen atoms in total. The molecule has 1 aliphatic heterocycles. The van der Waals surface area contributed by atoms with E-state index in [0.717, 1.165) is 11.3 Å². The molecule has 1 aromatic carbocycles. The topological polar surface area (TPSA) is 87.9 Å². The van der Waals surface area contributed by atoms with Gasteiger partial charge in [0.2, 0.25) is 0 Å². The summed E-state index contributed by atoms with van der Waals surface area (Å²) in [7, 11) is 0. The van der Waals surface area contributed by atoms with Crippen molar-refractivity contribution in [3.63, 3.8) is 0 Å². The minimum Gasteiger partial charge on any atom is -0.399 e. The molecule has 3 aromatic rings. The van der Waals surface area contributed by atoms with Gasteiger partial charge in [0.25, 0.3) is 5.56 Å². The van der Waals surface area contributed by atoms with Crippen molar-refractivity contribution in [2.75, 3.05) is 12.3 Å². The molecule has 3 N–H and O–H groups in total. The van der Waals surface area contributed by atoms with Crippen LogP contribution in [0.15, 0.2) is 47.4 Å². The molecule has 0 saturated heterocycles. The van der Waals surface area contributed by atoms with Gasteiger partial charge >= 0.3 is 0 Å². The molecular formula is C19H18FN5O. The number of nitrogen functional groups attached to an aromatic ring is 1. The zero-order valence-corrected chi connectivity index (χ0v) is 14.1. The zero-order valence-electron chi connectivity index (χ0n) is 14.1. The van der Waals surface area contributed by atoms with Gasteiger partial charge in [-0.3, -0.25) is 14.7 Å². The van der Waals surface area contributed by atoms with E-state index >= 15 is 0 Å². The number of hydrogen-bond donors (Lipinski definition) is 2. The second kappa shape index (κ2) is 6.68. The highest BCUT2D eigenvalue weighted by Crippen LogP contribution is 2.20. The van der Waals surface area contributed by atoms with Crippen molar-refractivity contribution in [2.24, 2.45) is 0 Å². The molecule has 3 heterocycles. The van der Waals surface area contributed by atoms with Crippen LogP contribution in [0.2, 0.25) is 0 Å². The van der Waals surface area contributed by atoms with Gasteiger partial charge in [0.05, 0.1) is 17.0 Å². The summed E-state index contributed by atoms with van der Waals surface area (Å²) in [5.74, 6) is 0.210. The fourth-order valence-electron chi connectivity index (χ4n) is 3.14. The van der Waals surface area contributed by atoms with Crippen molar-refractivity contribution in [1.82, 2.24) is 19.9 Å². The molecule has 26 heavy (non-hydrogen) atoms. The highest BCUT2D eigenvalue weighted by molar-refractivity contribution is 5.58. The van der Waals surface area contributed by atoms with E-state index in [-0.39, 0.29) is 11.4 Å². The lowest BCUT2D eigenvalue weighted by Gasteiger charge is -2.27. The van der Waals surface area contributed by atoms with Gasteiger partial charge in [-0.15, -0.1) is 0 Å². The summed E-state index contributed by atoms with van der Waals surface area (Å²) in [4.78, 5) is 26.1. The van der Waals surface area contributed by atoms with Crippen molar-refractivity contribution >= 4 is 5.69 Å². The van der Waals surface area contributed by atoms with E-state index in [1.165, 1.54) is 6.07 Å². The quantitative estimate of drug-likeness (QED) is 0.706. The Morgan fingerprint density at radius 3 is 2.81 bits per heavy atom. The third-order valence-electron chi connectivity index (χ3n) is 4.54. The maximum atomic E-state index is 13.8. The van der Waals surface area contributed by atoms with E-state index in [1.807, 2.05) is 17.0 Å². The summed E-state index contributed by atoms with van der Waals surface area (Å²) in [6.45, 7) is 1.49. The standard InChI is InChI=1S/C19H18FN5O/c20-15-2-1-8-22-17(15)11-25-9-7-16-14(10-25)19(26)24-18(23-16)12-3-5-13(21)6-4-12/h1-6,8H,7,9-11,21H2,(H,23,24,26). The Labute approximate surface area is 149 Å². The Morgan fingerprint density at radius 2 is 2.04 bits per heavy atom. The van der Waals surface area contributed by atoms with E-state index in [2.05, 4.69) is 15.0 Å². The molecule has 4 rings (SSSR count). The molecule has 0 aliphatic carbocycles. The van der Waals surface area contributed by atoms with Gasteiger partial charge < -0.3 is 10.7 Å². The molecule has 0 radical (unpaired) electrons. The third kappa shape index (κ3) is 3.21. The van der Waals surface area contributed by atoms with E-state index in [0.29, 0.717) is 48.8 Å². The minimum absolute atomic E-state index is 0.159. The summed E-state index contributed by atoms with van der Waals surface area (Å²) >= 11 is 0. The van der Waals surface area contributed by atoms with Crippen molar-refractivity contribution in [3.8, 4) is 11.4 Å². The van der Waals surface area contributed by atoms with Crippen LogP contribution in [-0.4, -0.2) is 26.4 Å². The number of nitrogens with zero attached hydrogens (tertiary/aromatic N) is 3. The molecule has 2 aromatic heterocycles. The number of anilines is 1. The van der Waals surface area contributed by atoms with Crippen molar-refractivity contribution in [2.45, 2.75) is 19.5 Å².